The molecule has 0 fully saturated rings. The number of rotatable bonds is 6. The minimum Gasteiger partial charge on any atom is -0.494 e. The van der Waals surface area contributed by atoms with Crippen LogP contribution in [0, 0.1) is 5.41 Å². The predicted octanol–water partition coefficient (Wildman–Crippen LogP) is 4.16. The molecule has 0 aliphatic rings. The molecular formula is C18H18F3N3O3. The monoisotopic (exact) mass is 381 g/mol. The Balaban J connectivity index is 2.51. The Morgan fingerprint density at radius 2 is 2.00 bits per heavy atom. The standard InChI is InChI=1S/C18H18F3N3O3/c1-4-27-17(25)12(10(2)22)9-23-13-6-7-14(26-3)16-11(13)5-8-15(24-16)18(19,20)21/h5-9,22-23H,4H2,1-3H3/b12-9+,22-10?. The van der Waals surface area contributed by atoms with Crippen LogP contribution in [0.1, 0.15) is 19.5 Å². The van der Waals surface area contributed by atoms with Gasteiger partial charge < -0.3 is 20.2 Å². The zero-order valence-corrected chi connectivity index (χ0v) is 14.9. The molecule has 0 bridgehead atoms. The normalized spacial score (nSPS) is 12.0. The highest BCUT2D eigenvalue weighted by Crippen LogP contribution is 2.34. The molecule has 1 aromatic heterocycles. The number of carbonyl (C=O) groups excluding carboxylic acids is 1. The quantitative estimate of drug-likeness (QED) is 0.446. The second kappa shape index (κ2) is 8.07. The second-order valence-electron chi connectivity index (χ2n) is 5.45. The number of aromatic nitrogens is 1. The Labute approximate surface area is 153 Å². The van der Waals surface area contributed by atoms with E-state index < -0.39 is 17.8 Å². The summed E-state index contributed by atoms with van der Waals surface area (Å²) < 4.78 is 48.8. The summed E-state index contributed by atoms with van der Waals surface area (Å²) in [7, 11) is 1.33. The third kappa shape index (κ3) is 4.55. The molecule has 0 amide bonds. The molecule has 144 valence electrons. The molecule has 2 N–H and O–H groups in total. The minimum atomic E-state index is -4.59. The summed E-state index contributed by atoms with van der Waals surface area (Å²) in [6, 6.07) is 5.18. The Kier molecular flexibility index (Phi) is 6.04. The number of pyridine rings is 1. The fraction of sp³-hybridized carbons (Fsp3) is 0.278. The average Bonchev–Trinajstić information content (AvgIpc) is 2.60. The van der Waals surface area contributed by atoms with E-state index in [4.69, 9.17) is 14.9 Å². The number of nitrogens with one attached hydrogen (secondary N) is 2. The van der Waals surface area contributed by atoms with Crippen LogP contribution in [0.5, 0.6) is 5.75 Å². The van der Waals surface area contributed by atoms with Gasteiger partial charge in [0.05, 0.1) is 19.3 Å². The summed E-state index contributed by atoms with van der Waals surface area (Å²) in [4.78, 5) is 15.6. The van der Waals surface area contributed by atoms with Gasteiger partial charge in [0.1, 0.15) is 17.0 Å². The number of ether oxygens (including phenoxy) is 2. The Morgan fingerprint density at radius 3 is 2.56 bits per heavy atom. The van der Waals surface area contributed by atoms with E-state index in [9.17, 15) is 18.0 Å². The topological polar surface area (TPSA) is 84.3 Å². The first kappa shape index (κ1) is 20.2. The Bertz CT molecular complexity index is 908. The van der Waals surface area contributed by atoms with Crippen molar-refractivity contribution in [2.75, 3.05) is 19.0 Å². The van der Waals surface area contributed by atoms with Crippen LogP contribution in [0.15, 0.2) is 36.0 Å². The fourth-order valence-electron chi connectivity index (χ4n) is 2.32. The van der Waals surface area contributed by atoms with Gasteiger partial charge in [0, 0.05) is 23.0 Å². The molecule has 1 heterocycles. The molecule has 2 aromatic rings. The zero-order chi connectivity index (χ0) is 20.2. The van der Waals surface area contributed by atoms with Crippen molar-refractivity contribution in [2.45, 2.75) is 20.0 Å². The van der Waals surface area contributed by atoms with Crippen LogP contribution in [0.4, 0.5) is 18.9 Å². The summed E-state index contributed by atoms with van der Waals surface area (Å²) in [6.45, 7) is 3.22. The highest BCUT2D eigenvalue weighted by molar-refractivity contribution is 6.17. The van der Waals surface area contributed by atoms with Crippen molar-refractivity contribution in [3.05, 3.63) is 41.7 Å². The maximum Gasteiger partial charge on any atom is 0.433 e. The van der Waals surface area contributed by atoms with Crippen LogP contribution >= 0.6 is 0 Å². The third-order valence-electron chi connectivity index (χ3n) is 3.60. The molecule has 0 spiro atoms. The number of esters is 1. The molecule has 6 nitrogen and oxygen atoms in total. The van der Waals surface area contributed by atoms with Crippen molar-refractivity contribution < 1.29 is 27.4 Å². The highest BCUT2D eigenvalue weighted by Gasteiger charge is 2.33. The molecule has 0 atom stereocenters. The Hall–Kier alpha value is -3.10. The zero-order valence-electron chi connectivity index (χ0n) is 14.9. The molecule has 0 aliphatic heterocycles. The first-order valence-corrected chi connectivity index (χ1v) is 7.93. The fourth-order valence-corrected chi connectivity index (χ4v) is 2.32. The van der Waals surface area contributed by atoms with E-state index in [2.05, 4.69) is 10.3 Å². The maximum atomic E-state index is 13.0. The van der Waals surface area contributed by atoms with Crippen LogP contribution in [-0.4, -0.2) is 30.4 Å². The number of anilines is 1. The molecule has 0 unspecified atom stereocenters. The van der Waals surface area contributed by atoms with Crippen molar-refractivity contribution in [3.8, 4) is 5.75 Å². The van der Waals surface area contributed by atoms with E-state index in [1.165, 1.54) is 32.4 Å². The number of benzene rings is 1. The van der Waals surface area contributed by atoms with E-state index in [1.54, 1.807) is 13.0 Å². The van der Waals surface area contributed by atoms with E-state index in [1.807, 2.05) is 0 Å². The van der Waals surface area contributed by atoms with Gasteiger partial charge >= 0.3 is 12.1 Å². The molecule has 0 radical (unpaired) electrons. The van der Waals surface area contributed by atoms with Gasteiger partial charge in [0.2, 0.25) is 0 Å². The summed E-state index contributed by atoms with van der Waals surface area (Å²) in [5, 5.41) is 10.9. The summed E-state index contributed by atoms with van der Waals surface area (Å²) in [5.41, 5.74) is -0.634. The lowest BCUT2D eigenvalue weighted by atomic mass is 10.1. The molecule has 0 saturated carbocycles. The number of hydrogen-bond acceptors (Lipinski definition) is 6. The van der Waals surface area contributed by atoms with Crippen molar-refractivity contribution in [1.29, 1.82) is 5.41 Å². The van der Waals surface area contributed by atoms with Crippen molar-refractivity contribution in [3.63, 3.8) is 0 Å². The number of nitrogens with zero attached hydrogens (tertiary/aromatic N) is 1. The van der Waals surface area contributed by atoms with Crippen LogP contribution in [0.3, 0.4) is 0 Å². The summed E-state index contributed by atoms with van der Waals surface area (Å²) in [6.07, 6.45) is -3.31. The lowest BCUT2D eigenvalue weighted by Gasteiger charge is -2.13. The summed E-state index contributed by atoms with van der Waals surface area (Å²) >= 11 is 0. The number of hydrogen-bond donors (Lipinski definition) is 2. The van der Waals surface area contributed by atoms with E-state index in [0.29, 0.717) is 11.1 Å². The Morgan fingerprint density at radius 1 is 1.30 bits per heavy atom. The lowest BCUT2D eigenvalue weighted by molar-refractivity contribution is -0.141. The predicted molar refractivity (Wildman–Crippen MR) is 95.0 cm³/mol. The first-order valence-electron chi connectivity index (χ1n) is 7.93. The highest BCUT2D eigenvalue weighted by atomic mass is 19.4. The minimum absolute atomic E-state index is 0.000638. The van der Waals surface area contributed by atoms with E-state index in [0.717, 1.165) is 6.07 Å². The summed E-state index contributed by atoms with van der Waals surface area (Å²) in [5.74, 6) is -0.493. The van der Waals surface area contributed by atoms with Gasteiger partial charge in [-0.2, -0.15) is 13.2 Å². The van der Waals surface area contributed by atoms with Crippen LogP contribution in [0.25, 0.3) is 10.9 Å². The molecule has 2 rings (SSSR count). The molecular weight excluding hydrogens is 363 g/mol. The van der Waals surface area contributed by atoms with Gasteiger partial charge in [-0.3, -0.25) is 0 Å². The van der Waals surface area contributed by atoms with E-state index in [-0.39, 0.29) is 29.2 Å². The number of fused-ring (bicyclic) bond motifs is 1. The van der Waals surface area contributed by atoms with Crippen LogP contribution in [-0.2, 0) is 15.7 Å². The van der Waals surface area contributed by atoms with Gasteiger partial charge in [-0.15, -0.1) is 0 Å². The van der Waals surface area contributed by atoms with Crippen LogP contribution in [0.2, 0.25) is 0 Å². The smallest absolute Gasteiger partial charge is 0.433 e. The second-order valence-corrected chi connectivity index (χ2v) is 5.45. The van der Waals surface area contributed by atoms with Gasteiger partial charge in [-0.05, 0) is 38.1 Å². The molecule has 1 aromatic carbocycles. The van der Waals surface area contributed by atoms with Crippen molar-refractivity contribution in [2.24, 2.45) is 0 Å². The third-order valence-corrected chi connectivity index (χ3v) is 3.60. The largest absolute Gasteiger partial charge is 0.494 e. The number of methoxy groups -OCH3 is 1. The van der Waals surface area contributed by atoms with E-state index >= 15 is 0 Å². The van der Waals surface area contributed by atoms with Crippen molar-refractivity contribution in [1.82, 2.24) is 4.98 Å². The first-order chi connectivity index (χ1) is 12.7. The van der Waals surface area contributed by atoms with Crippen molar-refractivity contribution >= 4 is 28.3 Å². The maximum absolute atomic E-state index is 13.0. The van der Waals surface area contributed by atoms with Gasteiger partial charge in [-0.25, -0.2) is 9.78 Å². The number of alkyl halides is 3. The molecule has 0 saturated heterocycles. The lowest BCUT2D eigenvalue weighted by Crippen LogP contribution is -2.14. The molecule has 0 aliphatic carbocycles. The molecule has 27 heavy (non-hydrogen) atoms. The number of carbonyl (C=O) groups is 1. The van der Waals surface area contributed by atoms with Gasteiger partial charge in [0.25, 0.3) is 0 Å². The molecule has 9 heteroatoms. The van der Waals surface area contributed by atoms with Gasteiger partial charge in [0.15, 0.2) is 0 Å². The van der Waals surface area contributed by atoms with Gasteiger partial charge in [-0.1, -0.05) is 0 Å². The van der Waals surface area contributed by atoms with Crippen LogP contribution < -0.4 is 10.1 Å². The SMILES string of the molecule is CCOC(=O)/C(=C/Nc1ccc(OC)c2nc(C(F)(F)F)ccc12)C(C)=N. The number of halogens is 3. The average molecular weight is 381 g/mol.